The maximum Gasteiger partial charge on any atom is 0.352 e. The van der Waals surface area contributed by atoms with Gasteiger partial charge in [-0.15, -0.1) is 0 Å². The molecule has 1 aliphatic rings. The minimum atomic E-state index is -4.08. The smallest absolute Gasteiger partial charge is 0.352 e. The normalized spacial score (nSPS) is 15.6. The van der Waals surface area contributed by atoms with Crippen LogP contribution in [0.2, 0.25) is 10.0 Å². The molecule has 2 aromatic rings. The number of carbonyl (C=O) groups is 2. The SMILES string of the molecule is CN(C(N)=O)c1ccc(S(=O)(=O)NC2C=C(C(=O)O)Nc3cc(Cl)cc(Cl)c32)cc1. The average molecular weight is 471 g/mol. The van der Waals surface area contributed by atoms with Crippen LogP contribution in [0.3, 0.4) is 0 Å². The number of sulfonamides is 1. The summed E-state index contributed by atoms with van der Waals surface area (Å²) in [5, 5.41) is 12.4. The maximum atomic E-state index is 12.9. The summed E-state index contributed by atoms with van der Waals surface area (Å²) in [6.07, 6.45) is 1.21. The number of amides is 2. The van der Waals surface area contributed by atoms with Crippen molar-refractivity contribution in [2.75, 3.05) is 17.3 Å². The Morgan fingerprint density at radius 1 is 1.20 bits per heavy atom. The molecule has 0 fully saturated rings. The number of nitrogens with zero attached hydrogens (tertiary/aromatic N) is 1. The Hall–Kier alpha value is -2.79. The predicted molar refractivity (Wildman–Crippen MR) is 113 cm³/mol. The highest BCUT2D eigenvalue weighted by molar-refractivity contribution is 7.89. The lowest BCUT2D eigenvalue weighted by molar-refractivity contribution is -0.132. The number of nitrogens with two attached hydrogens (primary N) is 1. The summed E-state index contributed by atoms with van der Waals surface area (Å²) < 4.78 is 28.2. The molecule has 0 saturated carbocycles. The molecule has 1 atom stereocenters. The molecule has 9 nitrogen and oxygen atoms in total. The number of urea groups is 1. The van der Waals surface area contributed by atoms with Crippen molar-refractivity contribution in [1.82, 2.24) is 4.72 Å². The third-order valence-electron chi connectivity index (χ3n) is 4.39. The molecule has 1 aliphatic heterocycles. The van der Waals surface area contributed by atoms with E-state index in [1.54, 1.807) is 0 Å². The molecular formula is C18H16Cl2N4O5S. The summed E-state index contributed by atoms with van der Waals surface area (Å²) in [5.74, 6) is -1.28. The van der Waals surface area contributed by atoms with E-state index in [4.69, 9.17) is 28.9 Å². The molecule has 0 aliphatic carbocycles. The van der Waals surface area contributed by atoms with Gasteiger partial charge in [0.15, 0.2) is 0 Å². The highest BCUT2D eigenvalue weighted by Gasteiger charge is 2.30. The van der Waals surface area contributed by atoms with E-state index < -0.39 is 28.1 Å². The average Bonchev–Trinajstić information content (AvgIpc) is 2.66. The number of fused-ring (bicyclic) bond motifs is 1. The first kappa shape index (κ1) is 21.9. The van der Waals surface area contributed by atoms with Gasteiger partial charge in [-0.2, -0.15) is 4.72 Å². The first-order chi connectivity index (χ1) is 14.0. The van der Waals surface area contributed by atoms with Crippen LogP contribution in [0.1, 0.15) is 11.6 Å². The van der Waals surface area contributed by atoms with Crippen molar-refractivity contribution in [3.8, 4) is 0 Å². The third-order valence-corrected chi connectivity index (χ3v) is 6.37. The second-order valence-electron chi connectivity index (χ2n) is 6.35. The minimum absolute atomic E-state index is 0.0976. The van der Waals surface area contributed by atoms with Gasteiger partial charge in [0.25, 0.3) is 0 Å². The number of benzene rings is 2. The first-order valence-electron chi connectivity index (χ1n) is 8.36. The lowest BCUT2D eigenvalue weighted by Gasteiger charge is -2.26. The molecule has 3 rings (SSSR count). The van der Waals surface area contributed by atoms with E-state index in [1.165, 1.54) is 49.5 Å². The number of rotatable bonds is 5. The van der Waals surface area contributed by atoms with E-state index in [0.717, 1.165) is 4.90 Å². The Bertz CT molecular complexity index is 1170. The van der Waals surface area contributed by atoms with Gasteiger partial charge in [-0.3, -0.25) is 4.90 Å². The van der Waals surface area contributed by atoms with Crippen molar-refractivity contribution < 1.29 is 23.1 Å². The van der Waals surface area contributed by atoms with Crippen LogP contribution in [0.4, 0.5) is 16.2 Å². The summed E-state index contributed by atoms with van der Waals surface area (Å²) in [7, 11) is -2.64. The van der Waals surface area contributed by atoms with E-state index in [2.05, 4.69) is 10.0 Å². The predicted octanol–water partition coefficient (Wildman–Crippen LogP) is 2.92. The van der Waals surface area contributed by atoms with Crippen LogP contribution < -0.4 is 20.7 Å². The Morgan fingerprint density at radius 2 is 1.83 bits per heavy atom. The van der Waals surface area contributed by atoms with Crippen LogP contribution >= 0.6 is 23.2 Å². The molecular weight excluding hydrogens is 455 g/mol. The number of hydrogen-bond donors (Lipinski definition) is 4. The fourth-order valence-corrected chi connectivity index (χ4v) is 4.63. The summed E-state index contributed by atoms with van der Waals surface area (Å²) in [5.41, 5.74) is 5.98. The summed E-state index contributed by atoms with van der Waals surface area (Å²) in [4.78, 5) is 23.7. The number of nitrogens with one attached hydrogen (secondary N) is 2. The number of carboxylic acids is 1. The van der Waals surface area contributed by atoms with Crippen LogP contribution in [0.15, 0.2) is 53.1 Å². The van der Waals surface area contributed by atoms with E-state index >= 15 is 0 Å². The fraction of sp³-hybridized carbons (Fsp3) is 0.111. The quantitative estimate of drug-likeness (QED) is 0.528. The van der Waals surface area contributed by atoms with Gasteiger partial charge in [0.2, 0.25) is 10.0 Å². The Morgan fingerprint density at radius 3 is 2.40 bits per heavy atom. The zero-order valence-electron chi connectivity index (χ0n) is 15.4. The Balaban J connectivity index is 1.98. The zero-order chi connectivity index (χ0) is 22.2. The molecule has 2 amide bonds. The molecule has 1 unspecified atom stereocenters. The van der Waals surface area contributed by atoms with Gasteiger partial charge in [-0.1, -0.05) is 23.2 Å². The molecule has 0 spiro atoms. The summed E-state index contributed by atoms with van der Waals surface area (Å²) >= 11 is 12.2. The second-order valence-corrected chi connectivity index (χ2v) is 8.91. The number of anilines is 2. The first-order valence-corrected chi connectivity index (χ1v) is 10.6. The standard InChI is InChI=1S/C18H16Cl2N4O5S/c1-24(18(21)27)10-2-4-11(5-3-10)30(28,29)23-14-8-15(17(25)26)22-13-7-9(19)6-12(20)16(13)14/h2-8,14,22-23H,1H3,(H2,21,27)(H,25,26). The maximum absolute atomic E-state index is 12.9. The van der Waals surface area contributed by atoms with Gasteiger partial charge in [-0.05, 0) is 42.5 Å². The topological polar surface area (TPSA) is 142 Å². The van der Waals surface area contributed by atoms with Gasteiger partial charge in [-0.25, -0.2) is 18.0 Å². The number of hydrogen-bond acceptors (Lipinski definition) is 5. The number of carboxylic acid groups (broad SMARTS) is 1. The van der Waals surface area contributed by atoms with E-state index in [0.29, 0.717) is 11.3 Å². The zero-order valence-corrected chi connectivity index (χ0v) is 17.7. The van der Waals surface area contributed by atoms with Crippen LogP contribution in [0, 0.1) is 0 Å². The number of halogens is 2. The van der Waals surface area contributed by atoms with Crippen molar-refractivity contribution in [2.45, 2.75) is 10.9 Å². The monoisotopic (exact) mass is 470 g/mol. The van der Waals surface area contributed by atoms with Crippen molar-refractivity contribution in [3.63, 3.8) is 0 Å². The second kappa shape index (κ2) is 8.15. The van der Waals surface area contributed by atoms with Crippen molar-refractivity contribution in [1.29, 1.82) is 0 Å². The van der Waals surface area contributed by atoms with Gasteiger partial charge >= 0.3 is 12.0 Å². The summed E-state index contributed by atoms with van der Waals surface area (Å²) in [6.45, 7) is 0. The largest absolute Gasteiger partial charge is 0.477 e. The van der Waals surface area contributed by atoms with Crippen molar-refractivity contribution in [3.05, 3.63) is 63.8 Å². The Labute approximate surface area is 182 Å². The molecule has 0 saturated heterocycles. The van der Waals surface area contributed by atoms with E-state index in [9.17, 15) is 23.1 Å². The van der Waals surface area contributed by atoms with Gasteiger partial charge in [0.05, 0.1) is 10.9 Å². The molecule has 1 heterocycles. The number of aliphatic carboxylic acids is 1. The van der Waals surface area contributed by atoms with Crippen LogP contribution in [-0.4, -0.2) is 32.6 Å². The summed E-state index contributed by atoms with van der Waals surface area (Å²) in [6, 6.07) is 6.55. The van der Waals surface area contributed by atoms with Gasteiger partial charge in [0, 0.05) is 34.0 Å². The molecule has 0 bridgehead atoms. The molecule has 12 heteroatoms. The number of carbonyl (C=O) groups excluding carboxylic acids is 1. The van der Waals surface area contributed by atoms with Crippen LogP contribution in [0.25, 0.3) is 0 Å². The molecule has 0 radical (unpaired) electrons. The Kier molecular flexibility index (Phi) is 5.95. The van der Waals surface area contributed by atoms with Gasteiger partial charge in [0.1, 0.15) is 5.70 Å². The molecule has 158 valence electrons. The highest BCUT2D eigenvalue weighted by atomic mass is 35.5. The lowest BCUT2D eigenvalue weighted by Crippen LogP contribution is -2.32. The molecule has 5 N–H and O–H groups in total. The molecule has 30 heavy (non-hydrogen) atoms. The molecule has 2 aromatic carbocycles. The van der Waals surface area contributed by atoms with Crippen LogP contribution in [0.5, 0.6) is 0 Å². The fourth-order valence-electron chi connectivity index (χ4n) is 2.87. The molecule has 0 aromatic heterocycles. The van der Waals surface area contributed by atoms with Gasteiger partial charge < -0.3 is 16.2 Å². The minimum Gasteiger partial charge on any atom is -0.477 e. The van der Waals surface area contributed by atoms with E-state index in [-0.39, 0.29) is 26.3 Å². The third kappa shape index (κ3) is 4.36. The van der Waals surface area contributed by atoms with Crippen LogP contribution in [-0.2, 0) is 14.8 Å². The highest BCUT2D eigenvalue weighted by Crippen LogP contribution is 2.39. The van der Waals surface area contributed by atoms with E-state index in [1.807, 2.05) is 0 Å². The van der Waals surface area contributed by atoms with Crippen molar-refractivity contribution in [2.24, 2.45) is 5.73 Å². The number of primary amides is 1. The van der Waals surface area contributed by atoms with Crippen molar-refractivity contribution >= 4 is 56.6 Å². The lowest BCUT2D eigenvalue weighted by atomic mass is 10.0.